The number of halogens is 3. The van der Waals surface area contributed by atoms with Crippen molar-refractivity contribution in [3.63, 3.8) is 0 Å². The Balaban J connectivity index is 2.05. The van der Waals surface area contributed by atoms with Crippen LogP contribution in [0.5, 0.6) is 0 Å². The smallest absolute Gasteiger partial charge is 0.211 e. The van der Waals surface area contributed by atoms with Crippen LogP contribution in [0.4, 0.5) is 0 Å². The maximum atomic E-state index is 12.0. The summed E-state index contributed by atoms with van der Waals surface area (Å²) < 4.78 is 26.6. The molecule has 0 radical (unpaired) electrons. The summed E-state index contributed by atoms with van der Waals surface area (Å²) >= 11 is 17.4. The number of hydrogen-bond donors (Lipinski definition) is 1. The van der Waals surface area contributed by atoms with Gasteiger partial charge in [-0.3, -0.25) is 0 Å². The molecule has 0 amide bonds. The second kappa shape index (κ2) is 5.55. The molecule has 1 aromatic rings. The van der Waals surface area contributed by atoms with Gasteiger partial charge in [0.2, 0.25) is 10.0 Å². The minimum atomic E-state index is -3.56. The lowest BCUT2D eigenvalue weighted by Gasteiger charge is -2.30. The molecule has 0 spiro atoms. The highest BCUT2D eigenvalue weighted by atomic mass is 35.5. The first-order chi connectivity index (χ1) is 8.37. The van der Waals surface area contributed by atoms with Crippen LogP contribution < -0.4 is 4.72 Å². The standard InChI is InChI=1S/C11H12Cl3NO2S/c12-8-1-7(2-8)6-15-18(16,17)11-4-9(13)3-10(14)5-11/h3-5,7-8,15H,1-2,6H2. The Labute approximate surface area is 121 Å². The minimum absolute atomic E-state index is 0.0850. The quantitative estimate of drug-likeness (QED) is 0.862. The molecule has 100 valence electrons. The van der Waals surface area contributed by atoms with Crippen LogP contribution >= 0.6 is 34.8 Å². The Hall–Kier alpha value is -0.000000000000000139. The molecule has 0 saturated heterocycles. The van der Waals surface area contributed by atoms with Crippen molar-refractivity contribution in [3.8, 4) is 0 Å². The minimum Gasteiger partial charge on any atom is -0.211 e. The highest BCUT2D eigenvalue weighted by Crippen LogP contribution is 2.31. The van der Waals surface area contributed by atoms with Crippen molar-refractivity contribution in [1.29, 1.82) is 0 Å². The van der Waals surface area contributed by atoms with E-state index in [1.54, 1.807) is 0 Å². The third-order valence-electron chi connectivity index (χ3n) is 2.89. The van der Waals surface area contributed by atoms with Gasteiger partial charge in [-0.1, -0.05) is 23.2 Å². The fourth-order valence-electron chi connectivity index (χ4n) is 1.82. The molecular weight excluding hydrogens is 317 g/mol. The monoisotopic (exact) mass is 327 g/mol. The van der Waals surface area contributed by atoms with Crippen LogP contribution in [0.15, 0.2) is 23.1 Å². The second-order valence-corrected chi connectivity index (χ2v) is 7.65. The Kier molecular flexibility index (Phi) is 4.44. The maximum Gasteiger partial charge on any atom is 0.240 e. The van der Waals surface area contributed by atoms with Gasteiger partial charge < -0.3 is 0 Å². The largest absolute Gasteiger partial charge is 0.240 e. The highest BCUT2D eigenvalue weighted by molar-refractivity contribution is 7.89. The normalized spacial score (nSPS) is 23.7. The summed E-state index contributed by atoms with van der Waals surface area (Å²) in [5.41, 5.74) is 0. The third kappa shape index (κ3) is 3.52. The predicted octanol–water partition coefficient (Wildman–Crippen LogP) is 3.29. The van der Waals surface area contributed by atoms with E-state index in [1.165, 1.54) is 18.2 Å². The van der Waals surface area contributed by atoms with Crippen molar-refractivity contribution in [2.75, 3.05) is 6.54 Å². The Morgan fingerprint density at radius 1 is 1.17 bits per heavy atom. The van der Waals surface area contributed by atoms with Gasteiger partial charge in [-0.25, -0.2) is 13.1 Å². The van der Waals surface area contributed by atoms with Gasteiger partial charge in [-0.05, 0) is 37.0 Å². The fourth-order valence-corrected chi connectivity index (χ4v) is 4.16. The van der Waals surface area contributed by atoms with Crippen molar-refractivity contribution in [2.24, 2.45) is 5.92 Å². The van der Waals surface area contributed by atoms with Crippen molar-refractivity contribution >= 4 is 44.8 Å². The van der Waals surface area contributed by atoms with Gasteiger partial charge in [0.25, 0.3) is 0 Å². The zero-order valence-corrected chi connectivity index (χ0v) is 12.5. The molecule has 1 N–H and O–H groups in total. The molecule has 18 heavy (non-hydrogen) atoms. The lowest BCUT2D eigenvalue weighted by Crippen LogP contribution is -2.36. The first-order valence-corrected chi connectivity index (χ1v) is 8.14. The Morgan fingerprint density at radius 3 is 2.22 bits per heavy atom. The summed E-state index contributed by atoms with van der Waals surface area (Å²) in [6.07, 6.45) is 1.70. The molecular formula is C11H12Cl3NO2S. The summed E-state index contributed by atoms with van der Waals surface area (Å²) in [5, 5.41) is 0.778. The number of alkyl halides is 1. The van der Waals surface area contributed by atoms with Crippen molar-refractivity contribution in [1.82, 2.24) is 4.72 Å². The highest BCUT2D eigenvalue weighted by Gasteiger charge is 2.28. The van der Waals surface area contributed by atoms with Crippen LogP contribution in [0, 0.1) is 5.92 Å². The molecule has 1 aliphatic carbocycles. The molecule has 1 aliphatic rings. The number of benzene rings is 1. The molecule has 0 aromatic heterocycles. The molecule has 0 unspecified atom stereocenters. The van der Waals surface area contributed by atoms with Crippen LogP contribution in [0.25, 0.3) is 0 Å². The molecule has 0 atom stereocenters. The molecule has 0 aliphatic heterocycles. The average molecular weight is 329 g/mol. The van der Waals surface area contributed by atoms with Crippen molar-refractivity contribution in [3.05, 3.63) is 28.2 Å². The van der Waals surface area contributed by atoms with Gasteiger partial charge in [0.1, 0.15) is 0 Å². The second-order valence-electron chi connectivity index (χ2n) is 4.39. The summed E-state index contributed by atoms with van der Waals surface area (Å²) in [7, 11) is -3.56. The van der Waals surface area contributed by atoms with Crippen LogP contribution in [0.2, 0.25) is 10.0 Å². The number of sulfonamides is 1. The number of hydrogen-bond acceptors (Lipinski definition) is 2. The number of nitrogens with one attached hydrogen (secondary N) is 1. The topological polar surface area (TPSA) is 46.2 Å². The molecule has 1 fully saturated rings. The number of rotatable bonds is 4. The van der Waals surface area contributed by atoms with Gasteiger partial charge in [0, 0.05) is 22.0 Å². The van der Waals surface area contributed by atoms with Crippen LogP contribution in [-0.2, 0) is 10.0 Å². The summed E-state index contributed by atoms with van der Waals surface area (Å²) in [5.74, 6) is 0.317. The predicted molar refractivity (Wildman–Crippen MR) is 74.0 cm³/mol. The van der Waals surface area contributed by atoms with E-state index in [0.717, 1.165) is 12.8 Å². The molecule has 1 saturated carbocycles. The molecule has 3 nitrogen and oxygen atoms in total. The van der Waals surface area contributed by atoms with Crippen molar-refractivity contribution in [2.45, 2.75) is 23.1 Å². The Bertz CT molecular complexity index is 521. The van der Waals surface area contributed by atoms with E-state index < -0.39 is 10.0 Å². The molecule has 7 heteroatoms. The van der Waals surface area contributed by atoms with E-state index in [4.69, 9.17) is 34.8 Å². The average Bonchev–Trinajstić information content (AvgIpc) is 2.21. The molecule has 0 heterocycles. The fraction of sp³-hybridized carbons (Fsp3) is 0.455. The van der Waals surface area contributed by atoms with Crippen LogP contribution in [-0.4, -0.2) is 20.3 Å². The van der Waals surface area contributed by atoms with E-state index in [-0.39, 0.29) is 10.3 Å². The lowest BCUT2D eigenvalue weighted by atomic mass is 9.85. The van der Waals surface area contributed by atoms with E-state index in [0.29, 0.717) is 22.5 Å². The van der Waals surface area contributed by atoms with E-state index >= 15 is 0 Å². The summed E-state index contributed by atoms with van der Waals surface area (Å²) in [4.78, 5) is 0.0850. The SMILES string of the molecule is O=S(=O)(NCC1CC(Cl)C1)c1cc(Cl)cc(Cl)c1. The summed E-state index contributed by atoms with van der Waals surface area (Å²) in [6.45, 7) is 0.398. The van der Waals surface area contributed by atoms with Gasteiger partial charge in [-0.15, -0.1) is 11.6 Å². The van der Waals surface area contributed by atoms with Gasteiger partial charge in [0.15, 0.2) is 0 Å². The lowest BCUT2D eigenvalue weighted by molar-refractivity contribution is 0.324. The molecule has 0 bridgehead atoms. The maximum absolute atomic E-state index is 12.0. The van der Waals surface area contributed by atoms with Gasteiger partial charge in [-0.2, -0.15) is 0 Å². The zero-order chi connectivity index (χ0) is 13.3. The van der Waals surface area contributed by atoms with Crippen molar-refractivity contribution < 1.29 is 8.42 Å². The van der Waals surface area contributed by atoms with E-state index in [2.05, 4.69) is 4.72 Å². The van der Waals surface area contributed by atoms with Crippen LogP contribution in [0.1, 0.15) is 12.8 Å². The summed E-state index contributed by atoms with van der Waals surface area (Å²) in [6, 6.07) is 4.24. The Morgan fingerprint density at radius 2 is 1.72 bits per heavy atom. The van der Waals surface area contributed by atoms with Crippen LogP contribution in [0.3, 0.4) is 0 Å². The van der Waals surface area contributed by atoms with E-state index in [9.17, 15) is 8.42 Å². The van der Waals surface area contributed by atoms with Gasteiger partial charge >= 0.3 is 0 Å². The van der Waals surface area contributed by atoms with Gasteiger partial charge in [0.05, 0.1) is 4.90 Å². The zero-order valence-electron chi connectivity index (χ0n) is 9.37. The first kappa shape index (κ1) is 14.4. The first-order valence-electron chi connectivity index (χ1n) is 5.46. The molecule has 1 aromatic carbocycles. The molecule has 2 rings (SSSR count). The van der Waals surface area contributed by atoms with E-state index in [1.807, 2.05) is 0 Å². The third-order valence-corrected chi connectivity index (χ3v) is 5.08.